The molecule has 1 rings (SSSR count). The lowest BCUT2D eigenvalue weighted by Gasteiger charge is -2.49. The summed E-state index contributed by atoms with van der Waals surface area (Å²) in [6.07, 6.45) is 7.08. The maximum atomic E-state index is 5.39. The van der Waals surface area contributed by atoms with Gasteiger partial charge in [-0.3, -0.25) is 0 Å². The first kappa shape index (κ1) is 10.3. The fraction of sp³-hybridized carbons (Fsp3) is 1.00. The second-order valence-electron chi connectivity index (χ2n) is 4.16. The molecule has 0 bridgehead atoms. The third-order valence-electron chi connectivity index (χ3n) is 3.68. The summed E-state index contributed by atoms with van der Waals surface area (Å²) in [5.74, 6) is 0. The average molecular weight is 186 g/mol. The molecule has 12 heavy (non-hydrogen) atoms. The third-order valence-corrected chi connectivity index (χ3v) is 5.69. The molecule has 0 aromatic heterocycles. The van der Waals surface area contributed by atoms with E-state index in [2.05, 4.69) is 13.8 Å². The zero-order valence-electron chi connectivity index (χ0n) is 8.73. The fourth-order valence-corrected chi connectivity index (χ4v) is 4.51. The highest BCUT2D eigenvalue weighted by molar-refractivity contribution is 6.30. The van der Waals surface area contributed by atoms with Gasteiger partial charge in [0, 0.05) is 7.11 Å². The molecule has 1 aliphatic rings. The van der Waals surface area contributed by atoms with Crippen molar-refractivity contribution in [3.05, 3.63) is 0 Å². The molecular formula is C10H22OSi. The van der Waals surface area contributed by atoms with Crippen LogP contribution in [-0.2, 0) is 4.43 Å². The Labute approximate surface area is 78.8 Å². The minimum absolute atomic E-state index is 0.203. The first-order valence-corrected chi connectivity index (χ1v) is 6.67. The van der Waals surface area contributed by atoms with E-state index in [-0.39, 0.29) is 9.76 Å². The van der Waals surface area contributed by atoms with E-state index < -0.39 is 0 Å². The lowest BCUT2D eigenvalue weighted by atomic mass is 9.64. The quantitative estimate of drug-likeness (QED) is 0.599. The Hall–Kier alpha value is 0.177. The van der Waals surface area contributed by atoms with Gasteiger partial charge in [0.2, 0.25) is 0 Å². The van der Waals surface area contributed by atoms with Crippen molar-refractivity contribution in [2.24, 2.45) is 5.41 Å². The van der Waals surface area contributed by atoms with Crippen LogP contribution in [0.4, 0.5) is 0 Å². The molecule has 0 aromatic rings. The molecule has 1 fully saturated rings. The second-order valence-corrected chi connectivity index (χ2v) is 6.05. The van der Waals surface area contributed by atoms with Crippen LogP contribution >= 0.6 is 0 Å². The van der Waals surface area contributed by atoms with E-state index in [1.54, 1.807) is 0 Å². The topological polar surface area (TPSA) is 9.23 Å². The SMILES string of the molecule is CCC[C@@]1(CC)CCC1[SiH2]OC. The van der Waals surface area contributed by atoms with Crippen LogP contribution in [0.1, 0.15) is 46.0 Å². The van der Waals surface area contributed by atoms with Crippen molar-refractivity contribution in [1.82, 2.24) is 0 Å². The van der Waals surface area contributed by atoms with E-state index >= 15 is 0 Å². The molecule has 0 heterocycles. The second kappa shape index (κ2) is 4.42. The van der Waals surface area contributed by atoms with Gasteiger partial charge in [0.15, 0.2) is 9.76 Å². The Balaban J connectivity index is 2.43. The Kier molecular flexibility index (Phi) is 3.78. The summed E-state index contributed by atoms with van der Waals surface area (Å²) in [7, 11) is 1.68. The average Bonchev–Trinajstić information content (AvgIpc) is 2.08. The van der Waals surface area contributed by atoms with Gasteiger partial charge in [-0.25, -0.2) is 0 Å². The Bertz CT molecular complexity index is 134. The molecule has 0 aliphatic heterocycles. The minimum Gasteiger partial charge on any atom is -0.427 e. The van der Waals surface area contributed by atoms with Crippen LogP contribution < -0.4 is 0 Å². The monoisotopic (exact) mass is 186 g/mol. The predicted octanol–water partition coefficient (Wildman–Crippen LogP) is 2.50. The molecule has 0 N–H and O–H groups in total. The minimum atomic E-state index is -0.203. The Morgan fingerprint density at radius 3 is 2.58 bits per heavy atom. The fourth-order valence-electron chi connectivity index (χ4n) is 2.69. The van der Waals surface area contributed by atoms with Crippen LogP contribution in [0.3, 0.4) is 0 Å². The summed E-state index contributed by atoms with van der Waals surface area (Å²) in [6.45, 7) is 4.66. The Morgan fingerprint density at radius 2 is 2.25 bits per heavy atom. The largest absolute Gasteiger partial charge is 0.427 e. The number of hydrogen-bond donors (Lipinski definition) is 0. The lowest BCUT2D eigenvalue weighted by molar-refractivity contribution is 0.103. The van der Waals surface area contributed by atoms with Crippen molar-refractivity contribution in [1.29, 1.82) is 0 Å². The van der Waals surface area contributed by atoms with E-state index in [1.807, 2.05) is 7.11 Å². The van der Waals surface area contributed by atoms with Crippen LogP contribution in [-0.4, -0.2) is 16.9 Å². The summed E-state index contributed by atoms with van der Waals surface area (Å²) in [5, 5.41) is 0. The van der Waals surface area contributed by atoms with Gasteiger partial charge < -0.3 is 4.43 Å². The summed E-state index contributed by atoms with van der Waals surface area (Å²) in [6, 6.07) is 0. The van der Waals surface area contributed by atoms with Crippen LogP contribution in [0, 0.1) is 5.41 Å². The van der Waals surface area contributed by atoms with E-state index in [9.17, 15) is 0 Å². The smallest absolute Gasteiger partial charge is 0.164 e. The third kappa shape index (κ3) is 1.74. The van der Waals surface area contributed by atoms with Gasteiger partial charge in [-0.1, -0.05) is 33.1 Å². The molecule has 0 aromatic carbocycles. The van der Waals surface area contributed by atoms with Gasteiger partial charge in [0.25, 0.3) is 0 Å². The highest BCUT2D eigenvalue weighted by Crippen LogP contribution is 2.56. The predicted molar refractivity (Wildman–Crippen MR) is 56.2 cm³/mol. The summed E-state index contributed by atoms with van der Waals surface area (Å²) in [4.78, 5) is 0. The maximum Gasteiger partial charge on any atom is 0.164 e. The van der Waals surface area contributed by atoms with Gasteiger partial charge in [-0.05, 0) is 23.8 Å². The van der Waals surface area contributed by atoms with Crippen LogP contribution in [0.15, 0.2) is 0 Å². The summed E-state index contributed by atoms with van der Waals surface area (Å²) >= 11 is 0. The molecule has 1 aliphatic carbocycles. The molecule has 2 heteroatoms. The van der Waals surface area contributed by atoms with Crippen molar-refractivity contribution < 1.29 is 4.43 Å². The van der Waals surface area contributed by atoms with Crippen molar-refractivity contribution in [3.8, 4) is 0 Å². The summed E-state index contributed by atoms with van der Waals surface area (Å²) < 4.78 is 5.39. The highest BCUT2D eigenvalue weighted by Gasteiger charge is 2.44. The molecule has 0 amide bonds. The number of rotatable bonds is 5. The molecule has 0 saturated heterocycles. The number of hydrogen-bond acceptors (Lipinski definition) is 1. The molecule has 1 nitrogen and oxygen atoms in total. The van der Waals surface area contributed by atoms with E-state index in [0.29, 0.717) is 0 Å². The van der Waals surface area contributed by atoms with E-state index in [1.165, 1.54) is 32.1 Å². The molecule has 1 saturated carbocycles. The normalized spacial score (nSPS) is 35.8. The van der Waals surface area contributed by atoms with Crippen LogP contribution in [0.25, 0.3) is 0 Å². The first-order chi connectivity index (χ1) is 5.79. The van der Waals surface area contributed by atoms with Gasteiger partial charge >= 0.3 is 0 Å². The lowest BCUT2D eigenvalue weighted by Crippen LogP contribution is -2.39. The van der Waals surface area contributed by atoms with Crippen molar-refractivity contribution in [3.63, 3.8) is 0 Å². The zero-order valence-corrected chi connectivity index (χ0v) is 10.1. The van der Waals surface area contributed by atoms with Gasteiger partial charge in [0.1, 0.15) is 0 Å². The van der Waals surface area contributed by atoms with Crippen LogP contribution in [0.5, 0.6) is 0 Å². The van der Waals surface area contributed by atoms with E-state index in [4.69, 9.17) is 4.43 Å². The maximum absolute atomic E-state index is 5.39. The highest BCUT2D eigenvalue weighted by atomic mass is 28.2. The summed E-state index contributed by atoms with van der Waals surface area (Å²) in [5.41, 5.74) is 1.71. The van der Waals surface area contributed by atoms with Gasteiger partial charge in [-0.2, -0.15) is 0 Å². The zero-order chi connectivity index (χ0) is 9.03. The van der Waals surface area contributed by atoms with Crippen molar-refractivity contribution in [2.75, 3.05) is 7.11 Å². The van der Waals surface area contributed by atoms with Crippen molar-refractivity contribution >= 4 is 9.76 Å². The Morgan fingerprint density at radius 1 is 1.50 bits per heavy atom. The molecule has 72 valence electrons. The first-order valence-electron chi connectivity index (χ1n) is 5.28. The standard InChI is InChI=1S/C10H22OSi/c1-4-7-10(5-2)8-6-9(10)12-11-3/h9H,4-8,12H2,1-3H3/t9?,10-/m0/s1. The molecule has 0 spiro atoms. The van der Waals surface area contributed by atoms with Gasteiger partial charge in [-0.15, -0.1) is 0 Å². The van der Waals surface area contributed by atoms with Gasteiger partial charge in [0.05, 0.1) is 0 Å². The molecule has 0 radical (unpaired) electrons. The molecule has 2 atom stereocenters. The molecule has 1 unspecified atom stereocenters. The van der Waals surface area contributed by atoms with Crippen LogP contribution in [0.2, 0.25) is 5.54 Å². The van der Waals surface area contributed by atoms with E-state index in [0.717, 1.165) is 11.0 Å². The van der Waals surface area contributed by atoms with Crippen molar-refractivity contribution in [2.45, 2.75) is 51.5 Å². The molecular weight excluding hydrogens is 164 g/mol.